The van der Waals surface area contributed by atoms with Crippen LogP contribution in [0.4, 0.5) is 5.95 Å². The summed E-state index contributed by atoms with van der Waals surface area (Å²) in [4.78, 5) is 25.7. The van der Waals surface area contributed by atoms with Crippen molar-refractivity contribution in [3.63, 3.8) is 0 Å². The number of aryl methyl sites for hydroxylation is 2. The minimum Gasteiger partial charge on any atom is -0.347 e. The number of amides is 1. The van der Waals surface area contributed by atoms with Gasteiger partial charge in [0.15, 0.2) is 0 Å². The molecular formula is C19H26N4OS. The lowest BCUT2D eigenvalue weighted by atomic mass is 10.1. The SMILES string of the molecule is CCCc1sc(C(=O)N[C@H]2CCCN(c3ncccn3)C2)cc1CC. The van der Waals surface area contributed by atoms with Gasteiger partial charge in [-0.1, -0.05) is 20.3 Å². The first kappa shape index (κ1) is 17.9. The van der Waals surface area contributed by atoms with Crippen molar-refractivity contribution in [2.24, 2.45) is 0 Å². The summed E-state index contributed by atoms with van der Waals surface area (Å²) in [5.41, 5.74) is 1.32. The van der Waals surface area contributed by atoms with E-state index in [-0.39, 0.29) is 11.9 Å². The van der Waals surface area contributed by atoms with Crippen LogP contribution in [0, 0.1) is 0 Å². The van der Waals surface area contributed by atoms with E-state index in [0.717, 1.165) is 56.0 Å². The van der Waals surface area contributed by atoms with E-state index >= 15 is 0 Å². The zero-order chi connectivity index (χ0) is 17.6. The van der Waals surface area contributed by atoms with Crippen molar-refractivity contribution in [1.82, 2.24) is 15.3 Å². The molecule has 0 unspecified atom stereocenters. The van der Waals surface area contributed by atoms with Crippen molar-refractivity contribution in [3.8, 4) is 0 Å². The van der Waals surface area contributed by atoms with E-state index in [9.17, 15) is 4.79 Å². The molecule has 1 atom stereocenters. The van der Waals surface area contributed by atoms with Crippen LogP contribution < -0.4 is 10.2 Å². The van der Waals surface area contributed by atoms with Crippen LogP contribution in [0.1, 0.15) is 53.2 Å². The van der Waals surface area contributed by atoms with Gasteiger partial charge in [0.05, 0.1) is 4.88 Å². The van der Waals surface area contributed by atoms with Gasteiger partial charge in [-0.25, -0.2) is 9.97 Å². The molecule has 3 heterocycles. The Morgan fingerprint density at radius 3 is 2.88 bits per heavy atom. The highest BCUT2D eigenvalue weighted by Gasteiger charge is 2.24. The Hall–Kier alpha value is -1.95. The summed E-state index contributed by atoms with van der Waals surface area (Å²) in [5.74, 6) is 0.805. The maximum Gasteiger partial charge on any atom is 0.261 e. The number of carbonyl (C=O) groups excluding carboxylic acids is 1. The third kappa shape index (κ3) is 4.37. The molecule has 5 nitrogen and oxygen atoms in total. The maximum atomic E-state index is 12.7. The molecule has 2 aromatic rings. The van der Waals surface area contributed by atoms with Gasteiger partial charge in [0.1, 0.15) is 0 Å². The first-order valence-electron chi connectivity index (χ1n) is 9.15. The number of aromatic nitrogens is 2. The summed E-state index contributed by atoms with van der Waals surface area (Å²) < 4.78 is 0. The van der Waals surface area contributed by atoms with Gasteiger partial charge in [-0.15, -0.1) is 11.3 Å². The van der Waals surface area contributed by atoms with E-state index < -0.39 is 0 Å². The Labute approximate surface area is 153 Å². The quantitative estimate of drug-likeness (QED) is 0.859. The van der Waals surface area contributed by atoms with Crippen molar-refractivity contribution in [2.45, 2.75) is 52.0 Å². The third-order valence-electron chi connectivity index (χ3n) is 4.57. The van der Waals surface area contributed by atoms with Crippen LogP contribution in [0.3, 0.4) is 0 Å². The molecule has 0 radical (unpaired) electrons. The molecule has 25 heavy (non-hydrogen) atoms. The Bertz CT molecular complexity index is 701. The first-order valence-corrected chi connectivity index (χ1v) is 9.97. The van der Waals surface area contributed by atoms with Gasteiger partial charge in [0, 0.05) is 36.4 Å². The molecule has 1 aliphatic heterocycles. The second kappa shape index (κ2) is 8.43. The van der Waals surface area contributed by atoms with Crippen molar-refractivity contribution in [2.75, 3.05) is 18.0 Å². The topological polar surface area (TPSA) is 58.1 Å². The summed E-state index contributed by atoms with van der Waals surface area (Å²) in [6.07, 6.45) is 8.72. The van der Waals surface area contributed by atoms with E-state index in [1.165, 1.54) is 10.4 Å². The van der Waals surface area contributed by atoms with Crippen LogP contribution >= 0.6 is 11.3 Å². The first-order chi connectivity index (χ1) is 12.2. The predicted molar refractivity (Wildman–Crippen MR) is 102 cm³/mol. The highest BCUT2D eigenvalue weighted by atomic mass is 32.1. The minimum absolute atomic E-state index is 0.0582. The molecule has 2 aromatic heterocycles. The number of piperidine rings is 1. The van der Waals surface area contributed by atoms with E-state index in [1.807, 2.05) is 6.07 Å². The molecule has 0 saturated carbocycles. The normalized spacial score (nSPS) is 17.5. The van der Waals surface area contributed by atoms with E-state index in [0.29, 0.717) is 0 Å². The van der Waals surface area contributed by atoms with Crippen LogP contribution in [-0.2, 0) is 12.8 Å². The highest BCUT2D eigenvalue weighted by Crippen LogP contribution is 2.25. The van der Waals surface area contributed by atoms with E-state index in [2.05, 4.69) is 40.1 Å². The van der Waals surface area contributed by atoms with Crippen molar-refractivity contribution >= 4 is 23.2 Å². The Morgan fingerprint density at radius 1 is 1.36 bits per heavy atom. The average Bonchev–Trinajstić information content (AvgIpc) is 3.06. The molecule has 1 fully saturated rings. The number of rotatable bonds is 6. The molecule has 1 amide bonds. The van der Waals surface area contributed by atoms with Gasteiger partial charge in [-0.3, -0.25) is 4.79 Å². The van der Waals surface area contributed by atoms with Crippen molar-refractivity contribution in [3.05, 3.63) is 39.8 Å². The number of nitrogens with one attached hydrogen (secondary N) is 1. The minimum atomic E-state index is 0.0582. The maximum absolute atomic E-state index is 12.7. The predicted octanol–water partition coefficient (Wildman–Crippen LogP) is 3.45. The van der Waals surface area contributed by atoms with Crippen molar-refractivity contribution in [1.29, 1.82) is 0 Å². The van der Waals surface area contributed by atoms with Gasteiger partial charge in [0.2, 0.25) is 5.95 Å². The van der Waals surface area contributed by atoms with Crippen LogP contribution in [0.15, 0.2) is 24.5 Å². The monoisotopic (exact) mass is 358 g/mol. The van der Waals surface area contributed by atoms with E-state index in [1.54, 1.807) is 23.7 Å². The standard InChI is InChI=1S/C19H26N4OS/c1-3-7-16-14(4-2)12-17(25-16)18(24)22-15-8-5-11-23(13-15)19-20-9-6-10-21-19/h6,9-10,12,15H,3-5,7-8,11,13H2,1-2H3,(H,22,24)/t15-/m0/s1. The van der Waals surface area contributed by atoms with Crippen molar-refractivity contribution < 1.29 is 4.79 Å². The van der Waals surface area contributed by atoms with Crippen LogP contribution in [0.25, 0.3) is 0 Å². The lowest BCUT2D eigenvalue weighted by molar-refractivity contribution is 0.0937. The van der Waals surface area contributed by atoms with Crippen LogP contribution in [0.2, 0.25) is 0 Å². The molecule has 0 aliphatic carbocycles. The summed E-state index contributed by atoms with van der Waals surface area (Å²) in [6.45, 7) is 6.04. The van der Waals surface area contributed by atoms with Gasteiger partial charge < -0.3 is 10.2 Å². The number of hydrogen-bond acceptors (Lipinski definition) is 5. The summed E-state index contributed by atoms with van der Waals surface area (Å²) in [7, 11) is 0. The summed E-state index contributed by atoms with van der Waals surface area (Å²) in [6, 6.07) is 4.04. The summed E-state index contributed by atoms with van der Waals surface area (Å²) in [5, 5.41) is 3.22. The fourth-order valence-electron chi connectivity index (χ4n) is 3.30. The molecule has 6 heteroatoms. The van der Waals surface area contributed by atoms with Gasteiger partial charge in [-0.2, -0.15) is 0 Å². The second-order valence-corrected chi connectivity index (χ2v) is 7.61. The van der Waals surface area contributed by atoms with E-state index in [4.69, 9.17) is 0 Å². The molecule has 3 rings (SSSR count). The fraction of sp³-hybridized carbons (Fsp3) is 0.526. The molecular weight excluding hydrogens is 332 g/mol. The fourth-order valence-corrected chi connectivity index (χ4v) is 4.56. The molecule has 0 bridgehead atoms. The van der Waals surface area contributed by atoms with Crippen LogP contribution in [-0.4, -0.2) is 35.0 Å². The number of anilines is 1. The number of carbonyl (C=O) groups is 1. The van der Waals surface area contributed by atoms with Crippen LogP contribution in [0.5, 0.6) is 0 Å². The molecule has 134 valence electrons. The number of hydrogen-bond donors (Lipinski definition) is 1. The number of nitrogens with zero attached hydrogens (tertiary/aromatic N) is 3. The Balaban J connectivity index is 1.64. The van der Waals surface area contributed by atoms with Gasteiger partial charge in [0.25, 0.3) is 5.91 Å². The zero-order valence-electron chi connectivity index (χ0n) is 15.0. The molecule has 1 aliphatic rings. The lowest BCUT2D eigenvalue weighted by Gasteiger charge is -2.32. The Morgan fingerprint density at radius 2 is 2.16 bits per heavy atom. The number of thiophene rings is 1. The smallest absolute Gasteiger partial charge is 0.261 e. The third-order valence-corrected chi connectivity index (χ3v) is 5.81. The van der Waals surface area contributed by atoms with Gasteiger partial charge in [-0.05, 0) is 43.4 Å². The van der Waals surface area contributed by atoms with Gasteiger partial charge >= 0.3 is 0 Å². The molecule has 0 spiro atoms. The molecule has 1 saturated heterocycles. The lowest BCUT2D eigenvalue weighted by Crippen LogP contribution is -2.48. The largest absolute Gasteiger partial charge is 0.347 e. The Kier molecular flexibility index (Phi) is 6.02. The zero-order valence-corrected chi connectivity index (χ0v) is 15.8. The molecule has 1 N–H and O–H groups in total. The average molecular weight is 359 g/mol. The molecule has 0 aromatic carbocycles. The summed E-state index contributed by atoms with van der Waals surface area (Å²) >= 11 is 1.65. The second-order valence-electron chi connectivity index (χ2n) is 6.47. The highest BCUT2D eigenvalue weighted by molar-refractivity contribution is 7.14.